The first-order chi connectivity index (χ1) is 19.1. The van der Waals surface area contributed by atoms with Crippen LogP contribution in [0.1, 0.15) is 32.8 Å². The summed E-state index contributed by atoms with van der Waals surface area (Å²) in [4.78, 5) is 28.2. The molecule has 40 heavy (non-hydrogen) atoms. The molecule has 3 rings (SSSR count). The van der Waals surface area contributed by atoms with Crippen molar-refractivity contribution in [1.29, 1.82) is 0 Å². The zero-order valence-corrected chi connectivity index (χ0v) is 24.0. The number of hydrogen-bond donors (Lipinski definition) is 1. The lowest BCUT2D eigenvalue weighted by Crippen LogP contribution is -2.53. The second-order valence-electron chi connectivity index (χ2n) is 9.48. The fraction of sp³-hybridized carbons (Fsp3) is 0.333. The van der Waals surface area contributed by atoms with Crippen LogP contribution in [0.4, 0.5) is 10.1 Å². The van der Waals surface area contributed by atoms with E-state index < -0.39 is 34.3 Å². The minimum absolute atomic E-state index is 0.0659. The van der Waals surface area contributed by atoms with Gasteiger partial charge in [-0.25, -0.2) is 12.8 Å². The lowest BCUT2D eigenvalue weighted by molar-refractivity contribution is -0.139. The van der Waals surface area contributed by atoms with Crippen LogP contribution in [0.15, 0.2) is 83.8 Å². The highest BCUT2D eigenvalue weighted by molar-refractivity contribution is 7.92. The smallest absolute Gasteiger partial charge is 0.264 e. The summed E-state index contributed by atoms with van der Waals surface area (Å²) in [5.41, 5.74) is 1.08. The van der Waals surface area contributed by atoms with Crippen LogP contribution in [-0.2, 0) is 26.0 Å². The second kappa shape index (κ2) is 13.9. The topological polar surface area (TPSA) is 96.0 Å². The van der Waals surface area contributed by atoms with Gasteiger partial charge in [0, 0.05) is 12.6 Å². The van der Waals surface area contributed by atoms with Gasteiger partial charge in [-0.1, -0.05) is 37.3 Å². The monoisotopic (exact) mass is 569 g/mol. The number of hydrogen-bond acceptors (Lipinski definition) is 5. The van der Waals surface area contributed by atoms with Gasteiger partial charge in [-0.2, -0.15) is 0 Å². The van der Waals surface area contributed by atoms with Gasteiger partial charge in [0.15, 0.2) is 0 Å². The van der Waals surface area contributed by atoms with Crippen molar-refractivity contribution in [2.24, 2.45) is 0 Å². The molecule has 0 fully saturated rings. The standard InChI is InChI=1S/C30H36FN3O5S/c1-5-22(2)32-30(36)23(3)33(20-19-24-9-7-6-8-10-24)29(35)21-34(26-13-11-25(31)12-14-26)40(37,38)28-17-15-27(39-4)16-18-28/h6-18,22-23H,5,19-21H2,1-4H3,(H,32,36)/t22-,23-/m1/s1. The van der Waals surface area contributed by atoms with Crippen molar-refractivity contribution in [1.82, 2.24) is 10.2 Å². The van der Waals surface area contributed by atoms with E-state index in [9.17, 15) is 22.4 Å². The van der Waals surface area contributed by atoms with Gasteiger partial charge < -0.3 is 15.0 Å². The predicted molar refractivity (Wildman–Crippen MR) is 153 cm³/mol. The number of carbonyl (C=O) groups excluding carboxylic acids is 2. The Balaban J connectivity index is 1.97. The maximum atomic E-state index is 13.8. The highest BCUT2D eigenvalue weighted by atomic mass is 32.2. The third kappa shape index (κ3) is 7.81. The molecule has 0 radical (unpaired) electrons. The van der Waals surface area contributed by atoms with Gasteiger partial charge in [-0.3, -0.25) is 13.9 Å². The first-order valence-electron chi connectivity index (χ1n) is 13.1. The number of rotatable bonds is 13. The first-order valence-corrected chi connectivity index (χ1v) is 14.6. The van der Waals surface area contributed by atoms with Crippen molar-refractivity contribution in [2.45, 2.75) is 50.6 Å². The molecule has 0 bridgehead atoms. The Labute approximate surface area is 235 Å². The normalized spacial score (nSPS) is 12.7. The van der Waals surface area contributed by atoms with Gasteiger partial charge in [0.25, 0.3) is 10.0 Å². The van der Waals surface area contributed by atoms with Crippen molar-refractivity contribution in [3.63, 3.8) is 0 Å². The molecule has 8 nitrogen and oxygen atoms in total. The number of sulfonamides is 1. The van der Waals surface area contributed by atoms with Gasteiger partial charge in [0.05, 0.1) is 17.7 Å². The number of carbonyl (C=O) groups is 2. The summed E-state index contributed by atoms with van der Waals surface area (Å²) < 4.78 is 47.4. The van der Waals surface area contributed by atoms with Crippen molar-refractivity contribution >= 4 is 27.5 Å². The largest absolute Gasteiger partial charge is 0.497 e. The van der Waals surface area contributed by atoms with E-state index >= 15 is 0 Å². The summed E-state index contributed by atoms with van der Waals surface area (Å²) in [5, 5.41) is 2.90. The van der Waals surface area contributed by atoms with E-state index in [0.717, 1.165) is 28.4 Å². The van der Waals surface area contributed by atoms with Gasteiger partial charge in [0.2, 0.25) is 11.8 Å². The van der Waals surface area contributed by atoms with Crippen LogP contribution in [0.5, 0.6) is 5.75 Å². The maximum Gasteiger partial charge on any atom is 0.264 e. The lowest BCUT2D eigenvalue weighted by Gasteiger charge is -2.32. The van der Waals surface area contributed by atoms with E-state index in [2.05, 4.69) is 5.32 Å². The van der Waals surface area contributed by atoms with E-state index in [1.165, 1.54) is 48.4 Å². The Kier molecular flexibility index (Phi) is 10.7. The van der Waals surface area contributed by atoms with Gasteiger partial charge in [-0.15, -0.1) is 0 Å². The molecule has 3 aromatic carbocycles. The molecule has 0 aliphatic heterocycles. The Bertz CT molecular complexity index is 1370. The number of nitrogens with one attached hydrogen (secondary N) is 1. The third-order valence-electron chi connectivity index (χ3n) is 6.69. The van der Waals surface area contributed by atoms with Crippen LogP contribution >= 0.6 is 0 Å². The molecular formula is C30H36FN3O5S. The number of ether oxygens (including phenoxy) is 1. The van der Waals surface area contributed by atoms with Crippen LogP contribution in [0, 0.1) is 5.82 Å². The highest BCUT2D eigenvalue weighted by Crippen LogP contribution is 2.26. The molecule has 10 heteroatoms. The number of benzene rings is 3. The third-order valence-corrected chi connectivity index (χ3v) is 8.48. The molecule has 0 heterocycles. The summed E-state index contributed by atoms with van der Waals surface area (Å²) >= 11 is 0. The molecule has 0 spiro atoms. The Morgan fingerprint density at radius 3 is 2.15 bits per heavy atom. The summed E-state index contributed by atoms with van der Waals surface area (Å²) in [5.74, 6) is -0.973. The zero-order valence-electron chi connectivity index (χ0n) is 23.2. The van der Waals surface area contributed by atoms with Gasteiger partial charge >= 0.3 is 0 Å². The molecule has 0 aliphatic rings. The molecule has 0 aliphatic carbocycles. The fourth-order valence-electron chi connectivity index (χ4n) is 4.05. The molecule has 2 amide bonds. The summed E-state index contributed by atoms with van der Waals surface area (Å²) in [7, 11) is -2.78. The fourth-order valence-corrected chi connectivity index (χ4v) is 5.46. The van der Waals surface area contributed by atoms with E-state index in [4.69, 9.17) is 4.74 Å². The minimum Gasteiger partial charge on any atom is -0.497 e. The molecule has 3 aromatic rings. The first kappa shape index (κ1) is 30.6. The van der Waals surface area contributed by atoms with Crippen LogP contribution in [0.2, 0.25) is 0 Å². The van der Waals surface area contributed by atoms with E-state index in [1.54, 1.807) is 6.92 Å². The predicted octanol–water partition coefficient (Wildman–Crippen LogP) is 4.40. The van der Waals surface area contributed by atoms with Crippen molar-refractivity contribution in [3.8, 4) is 5.75 Å². The van der Waals surface area contributed by atoms with E-state index in [0.29, 0.717) is 12.2 Å². The number of nitrogens with zero attached hydrogens (tertiary/aromatic N) is 2. The molecule has 0 unspecified atom stereocenters. The minimum atomic E-state index is -4.25. The van der Waals surface area contributed by atoms with Gasteiger partial charge in [0.1, 0.15) is 24.2 Å². The number of anilines is 1. The van der Waals surface area contributed by atoms with Crippen LogP contribution in [-0.4, -0.2) is 57.4 Å². The molecule has 1 N–H and O–H groups in total. The number of halogens is 1. The van der Waals surface area contributed by atoms with Crippen LogP contribution < -0.4 is 14.4 Å². The number of amides is 2. The molecule has 2 atom stereocenters. The maximum absolute atomic E-state index is 13.8. The van der Waals surface area contributed by atoms with E-state index in [1.807, 2.05) is 44.2 Å². The molecule has 0 saturated carbocycles. The Morgan fingerprint density at radius 1 is 0.950 bits per heavy atom. The lowest BCUT2D eigenvalue weighted by atomic mass is 10.1. The molecule has 214 valence electrons. The second-order valence-corrected chi connectivity index (χ2v) is 11.3. The summed E-state index contributed by atoms with van der Waals surface area (Å²) in [6, 6.07) is 19.2. The van der Waals surface area contributed by atoms with Crippen molar-refractivity contribution < 1.29 is 27.1 Å². The van der Waals surface area contributed by atoms with Crippen LogP contribution in [0.3, 0.4) is 0 Å². The summed E-state index contributed by atoms with van der Waals surface area (Å²) in [6.45, 7) is 5.05. The zero-order chi connectivity index (χ0) is 29.3. The van der Waals surface area contributed by atoms with Crippen molar-refractivity contribution in [3.05, 3.63) is 90.2 Å². The molecule has 0 aromatic heterocycles. The van der Waals surface area contributed by atoms with Gasteiger partial charge in [-0.05, 0) is 80.8 Å². The quantitative estimate of drug-likeness (QED) is 0.329. The average molecular weight is 570 g/mol. The molecule has 0 saturated heterocycles. The SMILES string of the molecule is CC[C@@H](C)NC(=O)[C@@H](C)N(CCc1ccccc1)C(=O)CN(c1ccc(F)cc1)S(=O)(=O)c1ccc(OC)cc1. The number of methoxy groups -OCH3 is 1. The Hall–Kier alpha value is -3.92. The van der Waals surface area contributed by atoms with Crippen molar-refractivity contribution in [2.75, 3.05) is 24.5 Å². The summed E-state index contributed by atoms with van der Waals surface area (Å²) in [6.07, 6.45) is 1.18. The molecular weight excluding hydrogens is 533 g/mol. The van der Waals surface area contributed by atoms with E-state index in [-0.39, 0.29) is 29.1 Å². The van der Waals surface area contributed by atoms with Crippen LogP contribution in [0.25, 0.3) is 0 Å². The Morgan fingerprint density at radius 2 is 1.57 bits per heavy atom. The highest BCUT2D eigenvalue weighted by Gasteiger charge is 2.32. The average Bonchev–Trinajstić information content (AvgIpc) is 2.96.